The highest BCUT2D eigenvalue weighted by molar-refractivity contribution is 6.37. The van der Waals surface area contributed by atoms with E-state index >= 15 is 0 Å². The van der Waals surface area contributed by atoms with Gasteiger partial charge in [-0.15, -0.1) is 0 Å². The molecule has 0 aliphatic heterocycles. The number of carbonyl (C=O) groups is 2. The van der Waals surface area contributed by atoms with Gasteiger partial charge in [-0.3, -0.25) is 9.78 Å². The van der Waals surface area contributed by atoms with Crippen LogP contribution in [0.4, 0.5) is 16.2 Å². The molecular formula is C27H21Cl2N3O4. The molecule has 0 spiro atoms. The highest BCUT2D eigenvalue weighted by Crippen LogP contribution is 2.40. The van der Waals surface area contributed by atoms with Crippen molar-refractivity contribution in [3.63, 3.8) is 0 Å². The maximum Gasteiger partial charge on any atom is 0.404 e. The molecule has 0 unspecified atom stereocenters. The number of pyridine rings is 1. The van der Waals surface area contributed by atoms with E-state index in [1.165, 1.54) is 0 Å². The van der Waals surface area contributed by atoms with Crippen LogP contribution in [0.15, 0.2) is 60.8 Å². The third kappa shape index (κ3) is 4.94. The zero-order valence-corrected chi connectivity index (χ0v) is 20.4. The van der Waals surface area contributed by atoms with Crippen molar-refractivity contribution in [2.75, 3.05) is 5.32 Å². The van der Waals surface area contributed by atoms with E-state index in [9.17, 15) is 14.7 Å². The van der Waals surface area contributed by atoms with Gasteiger partial charge in [0.05, 0.1) is 26.8 Å². The Hall–Kier alpha value is -3.81. The number of halogens is 2. The molecule has 0 radical (unpaired) electrons. The topological polar surface area (TPSA) is 112 Å². The Balaban J connectivity index is 1.58. The van der Waals surface area contributed by atoms with Crippen LogP contribution in [-0.4, -0.2) is 27.1 Å². The van der Waals surface area contributed by atoms with Crippen molar-refractivity contribution in [3.8, 4) is 16.9 Å². The van der Waals surface area contributed by atoms with Crippen LogP contribution in [0.3, 0.4) is 0 Å². The highest BCUT2D eigenvalue weighted by atomic mass is 35.5. The molecule has 1 amide bonds. The van der Waals surface area contributed by atoms with Crippen LogP contribution in [-0.2, 0) is 6.54 Å². The van der Waals surface area contributed by atoms with E-state index in [1.54, 1.807) is 18.3 Å². The SMILES string of the molecule is O=C(O)NCc1ccc(Nc2c(C(=O)C3CC3)cnc3ccc(-c4cc(Cl)c(O)c(Cl)c4)cc23)cc1. The summed E-state index contributed by atoms with van der Waals surface area (Å²) in [6.45, 7) is 0.195. The maximum atomic E-state index is 13.1. The van der Waals surface area contributed by atoms with Gasteiger partial charge in [0.1, 0.15) is 0 Å². The lowest BCUT2D eigenvalue weighted by Crippen LogP contribution is -2.19. The Morgan fingerprint density at radius 3 is 2.31 bits per heavy atom. The van der Waals surface area contributed by atoms with Gasteiger partial charge in [0.25, 0.3) is 0 Å². The van der Waals surface area contributed by atoms with Crippen molar-refractivity contribution >= 4 is 57.4 Å². The Labute approximate surface area is 216 Å². The Morgan fingerprint density at radius 1 is 0.972 bits per heavy atom. The second-order valence-electron chi connectivity index (χ2n) is 8.69. The first-order valence-corrected chi connectivity index (χ1v) is 12.0. The van der Waals surface area contributed by atoms with Gasteiger partial charge in [-0.2, -0.15) is 0 Å². The average Bonchev–Trinajstić information content (AvgIpc) is 3.72. The van der Waals surface area contributed by atoms with Crippen molar-refractivity contribution in [3.05, 3.63) is 82.0 Å². The highest BCUT2D eigenvalue weighted by Gasteiger charge is 2.32. The van der Waals surface area contributed by atoms with Crippen LogP contribution < -0.4 is 10.6 Å². The largest absolute Gasteiger partial charge is 0.505 e. The minimum Gasteiger partial charge on any atom is -0.505 e. The van der Waals surface area contributed by atoms with Gasteiger partial charge < -0.3 is 20.8 Å². The molecule has 1 fully saturated rings. The van der Waals surface area contributed by atoms with Gasteiger partial charge in [-0.05, 0) is 65.9 Å². The van der Waals surface area contributed by atoms with E-state index in [0.29, 0.717) is 22.3 Å². The Morgan fingerprint density at radius 2 is 1.67 bits per heavy atom. The first kappa shape index (κ1) is 23.9. The van der Waals surface area contributed by atoms with E-state index in [0.717, 1.165) is 35.0 Å². The molecule has 5 rings (SSSR count). The van der Waals surface area contributed by atoms with Gasteiger partial charge in [-0.25, -0.2) is 4.79 Å². The lowest BCUT2D eigenvalue weighted by molar-refractivity contribution is 0.0968. The van der Waals surface area contributed by atoms with E-state index in [-0.39, 0.29) is 34.0 Å². The Kier molecular flexibility index (Phi) is 6.43. The van der Waals surface area contributed by atoms with Crippen molar-refractivity contribution in [2.24, 2.45) is 5.92 Å². The van der Waals surface area contributed by atoms with Crippen LogP contribution in [0.2, 0.25) is 10.0 Å². The van der Waals surface area contributed by atoms with Crippen LogP contribution in [0.25, 0.3) is 22.0 Å². The molecule has 1 heterocycles. The monoisotopic (exact) mass is 521 g/mol. The van der Waals surface area contributed by atoms with E-state index in [1.807, 2.05) is 42.5 Å². The number of rotatable bonds is 7. The van der Waals surface area contributed by atoms with E-state index in [2.05, 4.69) is 15.6 Å². The molecule has 0 saturated heterocycles. The van der Waals surface area contributed by atoms with Crippen LogP contribution in [0, 0.1) is 5.92 Å². The number of nitrogens with one attached hydrogen (secondary N) is 2. The van der Waals surface area contributed by atoms with Gasteiger partial charge in [0.2, 0.25) is 0 Å². The second-order valence-corrected chi connectivity index (χ2v) is 9.50. The summed E-state index contributed by atoms with van der Waals surface area (Å²) in [6.07, 6.45) is 2.26. The molecular weight excluding hydrogens is 501 g/mol. The van der Waals surface area contributed by atoms with E-state index < -0.39 is 6.09 Å². The number of anilines is 2. The van der Waals surface area contributed by atoms with Crippen molar-refractivity contribution in [1.29, 1.82) is 0 Å². The number of carbonyl (C=O) groups excluding carboxylic acids is 1. The lowest BCUT2D eigenvalue weighted by Gasteiger charge is -2.16. The second kappa shape index (κ2) is 9.68. The number of fused-ring (bicyclic) bond motifs is 1. The molecule has 182 valence electrons. The molecule has 0 bridgehead atoms. The van der Waals surface area contributed by atoms with Gasteiger partial charge >= 0.3 is 6.09 Å². The number of phenolic OH excluding ortho intramolecular Hbond substituents is 1. The molecule has 9 heteroatoms. The zero-order valence-electron chi connectivity index (χ0n) is 18.9. The van der Waals surface area contributed by atoms with Gasteiger partial charge in [-0.1, -0.05) is 41.4 Å². The molecule has 1 saturated carbocycles. The number of aromatic nitrogens is 1. The number of ketones is 1. The molecule has 4 N–H and O–H groups in total. The fourth-order valence-electron chi connectivity index (χ4n) is 4.02. The quantitative estimate of drug-likeness (QED) is 0.194. The Bertz CT molecular complexity index is 1480. The third-order valence-corrected chi connectivity index (χ3v) is 6.68. The summed E-state index contributed by atoms with van der Waals surface area (Å²) in [5.41, 5.74) is 4.92. The fraction of sp³-hybridized carbons (Fsp3) is 0.148. The summed E-state index contributed by atoms with van der Waals surface area (Å²) in [5.74, 6) is -0.117. The minimum absolute atomic E-state index is 0.00663. The number of Topliss-reactive ketones (excluding diaryl/α,β-unsaturated/α-hetero) is 1. The zero-order chi connectivity index (χ0) is 25.4. The molecule has 4 aromatic rings. The fourth-order valence-corrected chi connectivity index (χ4v) is 4.51. The molecule has 0 atom stereocenters. The summed E-state index contributed by atoms with van der Waals surface area (Å²) in [5, 5.41) is 25.5. The van der Waals surface area contributed by atoms with Crippen molar-refractivity contribution in [2.45, 2.75) is 19.4 Å². The minimum atomic E-state index is -1.09. The predicted molar refractivity (Wildman–Crippen MR) is 141 cm³/mol. The standard InChI is InChI=1S/C27H21Cl2N3O4/c28-21-10-17(11-22(29)26(21)34)16-5-8-23-19(9-16)24(20(13-30-23)25(33)15-3-4-15)32-18-6-1-14(2-7-18)12-31-27(35)36/h1-2,5-11,13,15,31,34H,3-4,12H2,(H,30,32)(H,35,36). The number of hydrogen-bond donors (Lipinski definition) is 4. The molecule has 1 aliphatic rings. The molecule has 3 aromatic carbocycles. The molecule has 1 aliphatic carbocycles. The lowest BCUT2D eigenvalue weighted by atomic mass is 9.98. The summed E-state index contributed by atoms with van der Waals surface area (Å²) in [6, 6.07) is 16.2. The number of carboxylic acid groups (broad SMARTS) is 1. The van der Waals surface area contributed by atoms with Crippen molar-refractivity contribution < 1.29 is 19.8 Å². The van der Waals surface area contributed by atoms with E-state index in [4.69, 9.17) is 28.3 Å². The smallest absolute Gasteiger partial charge is 0.404 e. The normalized spacial score (nSPS) is 12.9. The van der Waals surface area contributed by atoms with Crippen molar-refractivity contribution in [1.82, 2.24) is 10.3 Å². The number of aromatic hydroxyl groups is 1. The third-order valence-electron chi connectivity index (χ3n) is 6.10. The number of amides is 1. The van der Waals surface area contributed by atoms with Gasteiger partial charge in [0.15, 0.2) is 11.5 Å². The molecule has 7 nitrogen and oxygen atoms in total. The summed E-state index contributed by atoms with van der Waals surface area (Å²) < 4.78 is 0. The predicted octanol–water partition coefficient (Wildman–Crippen LogP) is 7.02. The number of phenols is 1. The molecule has 36 heavy (non-hydrogen) atoms. The first-order chi connectivity index (χ1) is 17.3. The number of hydrogen-bond acceptors (Lipinski definition) is 5. The van der Waals surface area contributed by atoms with Crippen LogP contribution in [0.5, 0.6) is 5.75 Å². The summed E-state index contributed by atoms with van der Waals surface area (Å²) in [7, 11) is 0. The van der Waals surface area contributed by atoms with Crippen LogP contribution >= 0.6 is 23.2 Å². The first-order valence-electron chi connectivity index (χ1n) is 11.3. The average molecular weight is 522 g/mol. The summed E-state index contributed by atoms with van der Waals surface area (Å²) in [4.78, 5) is 28.4. The van der Waals surface area contributed by atoms with Gasteiger partial charge in [0, 0.05) is 29.7 Å². The number of benzene rings is 3. The van der Waals surface area contributed by atoms with Crippen LogP contribution in [0.1, 0.15) is 28.8 Å². The number of nitrogens with zero attached hydrogens (tertiary/aromatic N) is 1. The maximum absolute atomic E-state index is 13.1. The summed E-state index contributed by atoms with van der Waals surface area (Å²) >= 11 is 12.3. The molecule has 1 aromatic heterocycles.